The standard InChI is InChI=1S/C9H17NO6/c1-4(12)10(2)9-8(15)7(14)6(13)5(3-11)16-9/h5-9,11,13-15H,3H2,1-2H3/t5?,6-,7?,8-,9+/m0/s1. The Balaban J connectivity index is 2.82. The monoisotopic (exact) mass is 235 g/mol. The van der Waals surface area contributed by atoms with E-state index in [-0.39, 0.29) is 5.91 Å². The molecule has 0 radical (unpaired) electrons. The number of carbonyl (C=O) groups is 1. The van der Waals surface area contributed by atoms with Gasteiger partial charge in [0.2, 0.25) is 5.91 Å². The van der Waals surface area contributed by atoms with Crippen molar-refractivity contribution in [2.75, 3.05) is 13.7 Å². The number of likely N-dealkylation sites (N-methyl/N-ethyl adjacent to an activating group) is 1. The Morgan fingerprint density at radius 3 is 2.25 bits per heavy atom. The lowest BCUT2D eigenvalue weighted by atomic mass is 9.98. The van der Waals surface area contributed by atoms with Crippen LogP contribution in [0.1, 0.15) is 6.92 Å². The van der Waals surface area contributed by atoms with Crippen molar-refractivity contribution >= 4 is 5.91 Å². The number of ether oxygens (including phenoxy) is 1. The molecule has 0 aliphatic carbocycles. The van der Waals surface area contributed by atoms with Gasteiger partial charge in [-0.05, 0) is 0 Å². The average molecular weight is 235 g/mol. The first-order chi connectivity index (χ1) is 7.40. The topological polar surface area (TPSA) is 110 Å². The van der Waals surface area contributed by atoms with E-state index in [1.54, 1.807) is 0 Å². The van der Waals surface area contributed by atoms with Crippen LogP contribution in [0.5, 0.6) is 0 Å². The molecule has 0 bridgehead atoms. The maximum Gasteiger partial charge on any atom is 0.221 e. The van der Waals surface area contributed by atoms with Gasteiger partial charge < -0.3 is 30.1 Å². The Bertz CT molecular complexity index is 258. The molecule has 5 atom stereocenters. The lowest BCUT2D eigenvalue weighted by molar-refractivity contribution is -0.259. The minimum Gasteiger partial charge on any atom is -0.394 e. The second kappa shape index (κ2) is 5.07. The molecule has 16 heavy (non-hydrogen) atoms. The van der Waals surface area contributed by atoms with E-state index < -0.39 is 37.3 Å². The van der Waals surface area contributed by atoms with Gasteiger partial charge in [-0.25, -0.2) is 0 Å². The number of hydrogen-bond acceptors (Lipinski definition) is 6. The van der Waals surface area contributed by atoms with Crippen molar-refractivity contribution in [2.24, 2.45) is 0 Å². The fourth-order valence-electron chi connectivity index (χ4n) is 1.58. The zero-order valence-electron chi connectivity index (χ0n) is 9.15. The third-order valence-corrected chi connectivity index (χ3v) is 2.75. The summed E-state index contributed by atoms with van der Waals surface area (Å²) in [7, 11) is 1.40. The zero-order valence-corrected chi connectivity index (χ0v) is 9.15. The maximum atomic E-state index is 11.1. The molecule has 1 saturated heterocycles. The molecular weight excluding hydrogens is 218 g/mol. The molecule has 7 nitrogen and oxygen atoms in total. The average Bonchev–Trinajstić information content (AvgIpc) is 2.25. The fourth-order valence-corrected chi connectivity index (χ4v) is 1.58. The highest BCUT2D eigenvalue weighted by molar-refractivity contribution is 5.73. The van der Waals surface area contributed by atoms with E-state index >= 15 is 0 Å². The summed E-state index contributed by atoms with van der Waals surface area (Å²) < 4.78 is 5.15. The van der Waals surface area contributed by atoms with Crippen LogP contribution in [-0.2, 0) is 9.53 Å². The molecule has 1 aliphatic rings. The van der Waals surface area contributed by atoms with Gasteiger partial charge in [-0.2, -0.15) is 0 Å². The number of aliphatic hydroxyl groups excluding tert-OH is 4. The van der Waals surface area contributed by atoms with E-state index in [0.29, 0.717) is 0 Å². The van der Waals surface area contributed by atoms with Crippen LogP contribution in [0.3, 0.4) is 0 Å². The third kappa shape index (κ3) is 2.33. The Hall–Kier alpha value is -0.730. The van der Waals surface area contributed by atoms with Crippen LogP contribution in [0.15, 0.2) is 0 Å². The summed E-state index contributed by atoms with van der Waals surface area (Å²) in [6.07, 6.45) is -6.35. The van der Waals surface area contributed by atoms with Gasteiger partial charge in [0.25, 0.3) is 0 Å². The minimum atomic E-state index is -1.46. The van der Waals surface area contributed by atoms with Crippen LogP contribution in [0.2, 0.25) is 0 Å². The number of amides is 1. The fraction of sp³-hybridized carbons (Fsp3) is 0.889. The van der Waals surface area contributed by atoms with Crippen molar-refractivity contribution in [1.82, 2.24) is 4.90 Å². The van der Waals surface area contributed by atoms with Crippen molar-refractivity contribution in [3.63, 3.8) is 0 Å². The Kier molecular flexibility index (Phi) is 4.22. The van der Waals surface area contributed by atoms with E-state index in [1.165, 1.54) is 14.0 Å². The van der Waals surface area contributed by atoms with Gasteiger partial charge in [0.15, 0.2) is 6.23 Å². The van der Waals surface area contributed by atoms with Crippen LogP contribution in [0.4, 0.5) is 0 Å². The highest BCUT2D eigenvalue weighted by Crippen LogP contribution is 2.22. The molecule has 1 aliphatic heterocycles. The smallest absolute Gasteiger partial charge is 0.221 e. The van der Waals surface area contributed by atoms with Crippen LogP contribution in [-0.4, -0.2) is 75.5 Å². The summed E-state index contributed by atoms with van der Waals surface area (Å²) in [5.74, 6) is -0.357. The van der Waals surface area contributed by atoms with Gasteiger partial charge in [-0.3, -0.25) is 4.79 Å². The van der Waals surface area contributed by atoms with Crippen molar-refractivity contribution in [2.45, 2.75) is 37.6 Å². The van der Waals surface area contributed by atoms with Crippen LogP contribution < -0.4 is 0 Å². The van der Waals surface area contributed by atoms with Crippen molar-refractivity contribution in [3.8, 4) is 0 Å². The molecule has 1 amide bonds. The minimum absolute atomic E-state index is 0.357. The van der Waals surface area contributed by atoms with Gasteiger partial charge >= 0.3 is 0 Å². The largest absolute Gasteiger partial charge is 0.394 e. The number of rotatable bonds is 2. The molecule has 0 aromatic rings. The van der Waals surface area contributed by atoms with E-state index in [2.05, 4.69) is 0 Å². The summed E-state index contributed by atoms with van der Waals surface area (Å²) in [6.45, 7) is 0.772. The summed E-state index contributed by atoms with van der Waals surface area (Å²) in [4.78, 5) is 12.2. The molecule has 0 aromatic heterocycles. The molecule has 0 saturated carbocycles. The first kappa shape index (κ1) is 13.3. The lowest BCUT2D eigenvalue weighted by Crippen LogP contribution is -2.63. The molecule has 1 fully saturated rings. The van der Waals surface area contributed by atoms with E-state index in [0.717, 1.165) is 4.90 Å². The molecular formula is C9H17NO6. The van der Waals surface area contributed by atoms with Crippen molar-refractivity contribution in [1.29, 1.82) is 0 Å². The highest BCUT2D eigenvalue weighted by atomic mass is 16.6. The molecule has 4 N–H and O–H groups in total. The SMILES string of the molecule is CC(=O)N(C)[C@@H]1OC(CO)[C@H](O)C(O)[C@@H]1O. The van der Waals surface area contributed by atoms with Gasteiger partial charge in [0.05, 0.1) is 6.61 Å². The Morgan fingerprint density at radius 2 is 1.81 bits per heavy atom. The predicted octanol–water partition coefficient (Wildman–Crippen LogP) is -2.74. The second-order valence-electron chi connectivity index (χ2n) is 3.85. The molecule has 1 rings (SSSR count). The number of aliphatic hydroxyl groups is 4. The highest BCUT2D eigenvalue weighted by Gasteiger charge is 2.45. The summed E-state index contributed by atoms with van der Waals surface area (Å²) >= 11 is 0. The Morgan fingerprint density at radius 1 is 1.25 bits per heavy atom. The van der Waals surface area contributed by atoms with Crippen LogP contribution in [0.25, 0.3) is 0 Å². The molecule has 94 valence electrons. The number of nitrogens with zero attached hydrogens (tertiary/aromatic N) is 1. The number of hydrogen-bond donors (Lipinski definition) is 4. The summed E-state index contributed by atoms with van der Waals surface area (Å²) in [5.41, 5.74) is 0. The molecule has 7 heteroatoms. The lowest BCUT2D eigenvalue weighted by Gasteiger charge is -2.43. The van der Waals surface area contributed by atoms with Gasteiger partial charge in [-0.15, -0.1) is 0 Å². The van der Waals surface area contributed by atoms with E-state index in [4.69, 9.17) is 9.84 Å². The van der Waals surface area contributed by atoms with Gasteiger partial charge in [0, 0.05) is 14.0 Å². The molecule has 1 heterocycles. The third-order valence-electron chi connectivity index (χ3n) is 2.75. The second-order valence-corrected chi connectivity index (χ2v) is 3.85. The summed E-state index contributed by atoms with van der Waals surface area (Å²) in [6, 6.07) is 0. The normalized spacial score (nSPS) is 39.5. The molecule has 2 unspecified atom stereocenters. The van der Waals surface area contributed by atoms with Gasteiger partial charge in [0.1, 0.15) is 24.4 Å². The van der Waals surface area contributed by atoms with Gasteiger partial charge in [-0.1, -0.05) is 0 Å². The first-order valence-corrected chi connectivity index (χ1v) is 4.94. The van der Waals surface area contributed by atoms with E-state index in [9.17, 15) is 20.1 Å². The van der Waals surface area contributed by atoms with Crippen LogP contribution in [0, 0.1) is 0 Å². The summed E-state index contributed by atoms with van der Waals surface area (Å²) in [5, 5.41) is 37.5. The first-order valence-electron chi connectivity index (χ1n) is 4.94. The number of carbonyl (C=O) groups excluding carboxylic acids is 1. The van der Waals surface area contributed by atoms with Crippen LogP contribution >= 0.6 is 0 Å². The van der Waals surface area contributed by atoms with E-state index in [1.807, 2.05) is 0 Å². The Labute approximate surface area is 92.9 Å². The molecule has 0 aromatic carbocycles. The predicted molar refractivity (Wildman–Crippen MR) is 52.2 cm³/mol. The van der Waals surface area contributed by atoms with Crippen molar-refractivity contribution < 1.29 is 30.0 Å². The maximum absolute atomic E-state index is 11.1. The quantitative estimate of drug-likeness (QED) is 0.413. The van der Waals surface area contributed by atoms with Crippen molar-refractivity contribution in [3.05, 3.63) is 0 Å². The zero-order chi connectivity index (χ0) is 12.5. The molecule has 0 spiro atoms.